The van der Waals surface area contributed by atoms with Crippen LogP contribution in [-0.4, -0.2) is 28.7 Å². The minimum atomic E-state index is 0.0204. The smallest absolute Gasteiger partial charge is 0.228 e. The second kappa shape index (κ2) is 6.31. The maximum atomic E-state index is 11.8. The number of para-hydroxylation sites is 1. The van der Waals surface area contributed by atoms with Crippen LogP contribution in [0.3, 0.4) is 0 Å². The predicted molar refractivity (Wildman–Crippen MR) is 108 cm³/mol. The van der Waals surface area contributed by atoms with Gasteiger partial charge in [0.15, 0.2) is 5.69 Å². The van der Waals surface area contributed by atoms with E-state index in [-0.39, 0.29) is 5.91 Å². The van der Waals surface area contributed by atoms with E-state index in [1.165, 1.54) is 0 Å². The molecule has 2 aliphatic rings. The van der Waals surface area contributed by atoms with Gasteiger partial charge < -0.3 is 10.2 Å². The molecule has 0 atom stereocenters. The highest BCUT2D eigenvalue weighted by Crippen LogP contribution is 2.39. The average Bonchev–Trinajstić information content (AvgIpc) is 3.47. The zero-order valence-electron chi connectivity index (χ0n) is 15.6. The van der Waals surface area contributed by atoms with E-state index >= 15 is 0 Å². The number of nitriles is 1. The van der Waals surface area contributed by atoms with Gasteiger partial charge in [-0.2, -0.15) is 5.26 Å². The molecule has 3 aromatic rings. The Morgan fingerprint density at radius 1 is 1.25 bits per heavy atom. The van der Waals surface area contributed by atoms with E-state index in [0.29, 0.717) is 18.2 Å². The average molecular weight is 369 g/mol. The molecular formula is C22H19N5O. The summed E-state index contributed by atoms with van der Waals surface area (Å²) in [5, 5.41) is 22.0. The third-order valence-electron chi connectivity index (χ3n) is 5.53. The van der Waals surface area contributed by atoms with E-state index in [4.69, 9.17) is 0 Å². The molecule has 0 radical (unpaired) electrons. The number of carbonyl (C=O) groups is 1. The van der Waals surface area contributed by atoms with Crippen LogP contribution in [0.5, 0.6) is 0 Å². The monoisotopic (exact) mass is 369 g/mol. The second-order valence-electron chi connectivity index (χ2n) is 7.32. The Balaban J connectivity index is 1.67. The highest BCUT2D eigenvalue weighted by Gasteiger charge is 2.31. The van der Waals surface area contributed by atoms with E-state index in [9.17, 15) is 10.1 Å². The van der Waals surface area contributed by atoms with Crippen molar-refractivity contribution >= 4 is 28.2 Å². The van der Waals surface area contributed by atoms with Crippen molar-refractivity contribution in [2.75, 3.05) is 16.8 Å². The molecule has 1 fully saturated rings. The largest absolute Gasteiger partial charge is 0.366 e. The molecule has 6 heteroatoms. The molecule has 5 rings (SSSR count). The van der Waals surface area contributed by atoms with Crippen LogP contribution < -0.4 is 10.2 Å². The fourth-order valence-corrected chi connectivity index (χ4v) is 4.10. The Kier molecular flexibility index (Phi) is 3.76. The topological polar surface area (TPSA) is 81.9 Å². The molecule has 1 aromatic heterocycles. The van der Waals surface area contributed by atoms with Crippen molar-refractivity contribution in [2.45, 2.75) is 32.2 Å². The number of anilines is 2. The van der Waals surface area contributed by atoms with E-state index < -0.39 is 0 Å². The van der Waals surface area contributed by atoms with Gasteiger partial charge in [0.1, 0.15) is 6.07 Å². The van der Waals surface area contributed by atoms with Crippen LogP contribution in [0.25, 0.3) is 22.0 Å². The summed E-state index contributed by atoms with van der Waals surface area (Å²) in [5.74, 6) is 0.0204. The normalized spacial score (nSPS) is 15.2. The van der Waals surface area contributed by atoms with E-state index in [1.54, 1.807) is 0 Å². The van der Waals surface area contributed by atoms with Gasteiger partial charge in [0.2, 0.25) is 5.91 Å². The Morgan fingerprint density at radius 2 is 2.11 bits per heavy atom. The van der Waals surface area contributed by atoms with E-state index in [2.05, 4.69) is 33.4 Å². The standard InChI is InChI=1S/C22H19N5O/c1-2-27(15-7-8-15)22-17-9-6-13(10-18(17)25-26-19(22)12-23)16-5-3-4-14-11-20(28)24-21(14)16/h3-6,9-10,15H,2,7-8,11H2,1H3,(H,24,28). The van der Waals surface area contributed by atoms with Gasteiger partial charge in [0, 0.05) is 23.5 Å². The molecule has 6 nitrogen and oxygen atoms in total. The first-order chi connectivity index (χ1) is 13.7. The summed E-state index contributed by atoms with van der Waals surface area (Å²) in [6.45, 7) is 2.94. The maximum absolute atomic E-state index is 11.8. The van der Waals surface area contributed by atoms with Crippen molar-refractivity contribution < 1.29 is 4.79 Å². The van der Waals surface area contributed by atoms with Crippen molar-refractivity contribution in [1.29, 1.82) is 5.26 Å². The number of benzene rings is 2. The first-order valence-electron chi connectivity index (χ1n) is 9.59. The minimum absolute atomic E-state index is 0.0204. The Bertz CT molecular complexity index is 1160. The number of nitrogens with one attached hydrogen (secondary N) is 1. The summed E-state index contributed by atoms with van der Waals surface area (Å²) in [4.78, 5) is 14.1. The molecule has 1 amide bonds. The van der Waals surface area contributed by atoms with Gasteiger partial charge in [0.05, 0.1) is 23.3 Å². The van der Waals surface area contributed by atoms with Crippen LogP contribution in [0.15, 0.2) is 36.4 Å². The lowest BCUT2D eigenvalue weighted by Crippen LogP contribution is -2.26. The third-order valence-corrected chi connectivity index (χ3v) is 5.53. The molecule has 2 aromatic carbocycles. The highest BCUT2D eigenvalue weighted by atomic mass is 16.1. The lowest BCUT2D eigenvalue weighted by atomic mass is 9.99. The zero-order chi connectivity index (χ0) is 19.3. The van der Waals surface area contributed by atoms with Crippen LogP contribution in [-0.2, 0) is 11.2 Å². The van der Waals surface area contributed by atoms with Crippen LogP contribution in [0.4, 0.5) is 11.4 Å². The second-order valence-corrected chi connectivity index (χ2v) is 7.32. The molecule has 0 spiro atoms. The molecule has 28 heavy (non-hydrogen) atoms. The van der Waals surface area contributed by atoms with Crippen molar-refractivity contribution in [2.24, 2.45) is 0 Å². The number of nitrogens with zero attached hydrogens (tertiary/aromatic N) is 4. The summed E-state index contributed by atoms with van der Waals surface area (Å²) in [6, 6.07) is 14.7. The molecular weight excluding hydrogens is 350 g/mol. The molecule has 0 saturated heterocycles. The molecule has 1 aliphatic heterocycles. The van der Waals surface area contributed by atoms with Gasteiger partial charge in [-0.1, -0.05) is 24.3 Å². The summed E-state index contributed by atoms with van der Waals surface area (Å²) >= 11 is 0. The fraction of sp³-hybridized carbons (Fsp3) is 0.273. The van der Waals surface area contributed by atoms with Gasteiger partial charge in [0.25, 0.3) is 0 Å². The fourth-order valence-electron chi connectivity index (χ4n) is 4.10. The van der Waals surface area contributed by atoms with Crippen LogP contribution in [0.1, 0.15) is 31.0 Å². The van der Waals surface area contributed by atoms with E-state index in [0.717, 1.165) is 58.4 Å². The van der Waals surface area contributed by atoms with Gasteiger partial charge in [-0.15, -0.1) is 10.2 Å². The van der Waals surface area contributed by atoms with Gasteiger partial charge in [-0.05, 0) is 43.0 Å². The third kappa shape index (κ3) is 2.59. The van der Waals surface area contributed by atoms with Crippen LogP contribution in [0.2, 0.25) is 0 Å². The molecule has 0 bridgehead atoms. The highest BCUT2D eigenvalue weighted by molar-refractivity contribution is 6.05. The number of hydrogen-bond acceptors (Lipinski definition) is 5. The molecule has 1 saturated carbocycles. The molecule has 0 unspecified atom stereocenters. The zero-order valence-corrected chi connectivity index (χ0v) is 15.6. The first-order valence-corrected chi connectivity index (χ1v) is 9.59. The first kappa shape index (κ1) is 16.7. The minimum Gasteiger partial charge on any atom is -0.366 e. The quantitative estimate of drug-likeness (QED) is 0.759. The summed E-state index contributed by atoms with van der Waals surface area (Å²) in [7, 11) is 0. The number of aromatic nitrogens is 2. The van der Waals surface area contributed by atoms with Gasteiger partial charge >= 0.3 is 0 Å². The van der Waals surface area contributed by atoms with Crippen LogP contribution in [0, 0.1) is 11.3 Å². The number of fused-ring (bicyclic) bond motifs is 2. The van der Waals surface area contributed by atoms with Crippen LogP contribution >= 0.6 is 0 Å². The number of carbonyl (C=O) groups excluding carboxylic acids is 1. The van der Waals surface area contributed by atoms with Crippen molar-refractivity contribution in [3.8, 4) is 17.2 Å². The number of rotatable bonds is 4. The molecule has 2 heterocycles. The SMILES string of the molecule is CCN(c1c(C#N)nnc2cc(-c3cccc4c3NC(=O)C4)ccc12)C1CC1. The van der Waals surface area contributed by atoms with Crippen molar-refractivity contribution in [3.05, 3.63) is 47.7 Å². The number of hydrogen-bond donors (Lipinski definition) is 1. The van der Waals surface area contributed by atoms with Gasteiger partial charge in [-0.3, -0.25) is 4.79 Å². The lowest BCUT2D eigenvalue weighted by molar-refractivity contribution is -0.115. The Morgan fingerprint density at radius 3 is 2.86 bits per heavy atom. The maximum Gasteiger partial charge on any atom is 0.228 e. The summed E-state index contributed by atoms with van der Waals surface area (Å²) in [6.07, 6.45) is 2.71. The molecule has 1 aliphatic carbocycles. The predicted octanol–water partition coefficient (Wildman–Crippen LogP) is 3.65. The lowest BCUT2D eigenvalue weighted by Gasteiger charge is -2.24. The van der Waals surface area contributed by atoms with Gasteiger partial charge in [-0.25, -0.2) is 0 Å². The molecule has 1 N–H and O–H groups in total. The summed E-state index contributed by atoms with van der Waals surface area (Å²) in [5.41, 5.74) is 5.87. The van der Waals surface area contributed by atoms with Crippen molar-refractivity contribution in [3.63, 3.8) is 0 Å². The van der Waals surface area contributed by atoms with E-state index in [1.807, 2.05) is 36.4 Å². The Labute approximate surface area is 162 Å². The molecule has 138 valence electrons. The summed E-state index contributed by atoms with van der Waals surface area (Å²) < 4.78 is 0. The van der Waals surface area contributed by atoms with Crippen molar-refractivity contribution in [1.82, 2.24) is 10.2 Å². The Hall–Kier alpha value is -3.46. The number of amides is 1.